The molecule has 2 atom stereocenters. The van der Waals surface area contributed by atoms with E-state index >= 15 is 0 Å². The van der Waals surface area contributed by atoms with E-state index in [1.807, 2.05) is 6.07 Å². The maximum Gasteiger partial charge on any atom is 0.143 e. The molecule has 1 saturated heterocycles. The summed E-state index contributed by atoms with van der Waals surface area (Å²) < 4.78 is 12.8. The molecule has 0 amide bonds. The van der Waals surface area contributed by atoms with Gasteiger partial charge in [0.2, 0.25) is 0 Å². The Morgan fingerprint density at radius 3 is 2.29 bits per heavy atom. The zero-order chi connectivity index (χ0) is 12.4. The van der Waals surface area contributed by atoms with Gasteiger partial charge in [-0.15, -0.1) is 0 Å². The smallest absolute Gasteiger partial charge is 0.143 e. The number of ether oxygens (including phenoxy) is 2. The van der Waals surface area contributed by atoms with Crippen molar-refractivity contribution >= 4 is 37.7 Å². The molecule has 0 aromatic carbocycles. The lowest BCUT2D eigenvalue weighted by atomic mass is 10.3. The highest BCUT2D eigenvalue weighted by Crippen LogP contribution is 2.30. The lowest BCUT2D eigenvalue weighted by Crippen LogP contribution is -2.27. The molecular formula is C11H14Br2N2O2. The summed E-state index contributed by atoms with van der Waals surface area (Å²) in [5.74, 6) is 0.926. The van der Waals surface area contributed by atoms with Crippen LogP contribution in [0.4, 0.5) is 5.82 Å². The number of anilines is 1. The molecule has 1 fully saturated rings. The molecule has 0 saturated carbocycles. The Morgan fingerprint density at radius 1 is 1.24 bits per heavy atom. The van der Waals surface area contributed by atoms with Crippen molar-refractivity contribution in [2.24, 2.45) is 0 Å². The number of rotatable bonds is 3. The van der Waals surface area contributed by atoms with Gasteiger partial charge in [-0.25, -0.2) is 4.98 Å². The quantitative estimate of drug-likeness (QED) is 0.824. The fourth-order valence-electron chi connectivity index (χ4n) is 2.01. The molecular weight excluding hydrogens is 352 g/mol. The molecule has 2 rings (SSSR count). The summed E-state index contributed by atoms with van der Waals surface area (Å²) in [6.07, 6.45) is 1.98. The van der Waals surface area contributed by atoms with Gasteiger partial charge in [-0.05, 0) is 37.9 Å². The second-order valence-corrected chi connectivity index (χ2v) is 5.68. The largest absolute Gasteiger partial charge is 0.377 e. The third-order valence-electron chi connectivity index (χ3n) is 2.91. The first kappa shape index (κ1) is 13.3. The maximum absolute atomic E-state index is 5.41. The van der Waals surface area contributed by atoms with Crippen LogP contribution in [0.3, 0.4) is 0 Å². The normalized spacial score (nSPS) is 24.4. The molecule has 0 aliphatic carbocycles. The van der Waals surface area contributed by atoms with Gasteiger partial charge in [0.25, 0.3) is 0 Å². The van der Waals surface area contributed by atoms with Crippen LogP contribution in [0, 0.1) is 0 Å². The second kappa shape index (κ2) is 5.65. The van der Waals surface area contributed by atoms with E-state index in [2.05, 4.69) is 41.7 Å². The molecule has 4 nitrogen and oxygen atoms in total. The van der Waals surface area contributed by atoms with Crippen molar-refractivity contribution in [3.63, 3.8) is 0 Å². The van der Waals surface area contributed by atoms with Crippen LogP contribution in [-0.4, -0.2) is 44.5 Å². The summed E-state index contributed by atoms with van der Waals surface area (Å²) in [5.41, 5.74) is 0. The predicted molar refractivity (Wildman–Crippen MR) is 73.4 cm³/mol. The van der Waals surface area contributed by atoms with Crippen molar-refractivity contribution < 1.29 is 9.47 Å². The van der Waals surface area contributed by atoms with E-state index in [1.165, 1.54) is 0 Å². The van der Waals surface area contributed by atoms with E-state index in [4.69, 9.17) is 9.47 Å². The molecule has 1 aromatic rings. The average Bonchev–Trinajstić information content (AvgIpc) is 2.72. The number of hydrogen-bond donors (Lipinski definition) is 0. The third kappa shape index (κ3) is 2.81. The predicted octanol–water partition coefficient (Wildman–Crippen LogP) is 2.46. The fraction of sp³-hybridized carbons (Fsp3) is 0.545. The Bertz CT molecular complexity index is 391. The number of halogens is 2. The fourth-order valence-corrected chi connectivity index (χ4v) is 3.25. The van der Waals surface area contributed by atoms with Crippen molar-refractivity contribution in [1.29, 1.82) is 0 Å². The van der Waals surface area contributed by atoms with Crippen LogP contribution in [0.5, 0.6) is 0 Å². The van der Waals surface area contributed by atoms with Gasteiger partial charge in [0, 0.05) is 38.0 Å². The van der Waals surface area contributed by atoms with Gasteiger partial charge < -0.3 is 14.4 Å². The van der Waals surface area contributed by atoms with E-state index in [-0.39, 0.29) is 12.2 Å². The van der Waals surface area contributed by atoms with Gasteiger partial charge in [-0.2, -0.15) is 0 Å². The number of aromatic nitrogens is 1. The molecule has 1 aliphatic rings. The topological polar surface area (TPSA) is 34.6 Å². The summed E-state index contributed by atoms with van der Waals surface area (Å²) in [5, 5.41) is 0. The van der Waals surface area contributed by atoms with Crippen LogP contribution in [0.2, 0.25) is 0 Å². The van der Waals surface area contributed by atoms with E-state index in [1.54, 1.807) is 20.4 Å². The lowest BCUT2D eigenvalue weighted by Gasteiger charge is -2.18. The Morgan fingerprint density at radius 2 is 1.82 bits per heavy atom. The molecule has 0 N–H and O–H groups in total. The number of methoxy groups -OCH3 is 2. The molecule has 1 aliphatic heterocycles. The summed E-state index contributed by atoms with van der Waals surface area (Å²) in [7, 11) is 3.43. The van der Waals surface area contributed by atoms with Crippen LogP contribution in [0.15, 0.2) is 21.2 Å². The highest BCUT2D eigenvalue weighted by atomic mass is 79.9. The lowest BCUT2D eigenvalue weighted by molar-refractivity contribution is -0.00461. The van der Waals surface area contributed by atoms with Gasteiger partial charge in [0.15, 0.2) is 0 Å². The molecule has 2 heterocycles. The summed E-state index contributed by atoms with van der Waals surface area (Å²) >= 11 is 6.92. The molecule has 6 heteroatoms. The van der Waals surface area contributed by atoms with Crippen LogP contribution in [0.1, 0.15) is 0 Å². The van der Waals surface area contributed by atoms with Crippen LogP contribution < -0.4 is 4.90 Å². The van der Waals surface area contributed by atoms with Crippen LogP contribution in [-0.2, 0) is 9.47 Å². The van der Waals surface area contributed by atoms with Crippen molar-refractivity contribution in [3.05, 3.63) is 21.2 Å². The molecule has 2 unspecified atom stereocenters. The summed E-state index contributed by atoms with van der Waals surface area (Å²) in [4.78, 5) is 6.58. The maximum atomic E-state index is 5.41. The van der Waals surface area contributed by atoms with E-state index < -0.39 is 0 Å². The van der Waals surface area contributed by atoms with Gasteiger partial charge in [-0.1, -0.05) is 0 Å². The summed E-state index contributed by atoms with van der Waals surface area (Å²) in [6, 6.07) is 1.99. The molecule has 1 aromatic heterocycles. The van der Waals surface area contributed by atoms with Gasteiger partial charge >= 0.3 is 0 Å². The van der Waals surface area contributed by atoms with E-state index in [0.29, 0.717) is 0 Å². The zero-order valence-electron chi connectivity index (χ0n) is 9.69. The van der Waals surface area contributed by atoms with Crippen molar-refractivity contribution in [2.75, 3.05) is 32.2 Å². The van der Waals surface area contributed by atoms with Crippen molar-refractivity contribution in [3.8, 4) is 0 Å². The van der Waals surface area contributed by atoms with Gasteiger partial charge in [-0.3, -0.25) is 0 Å². The molecule has 0 spiro atoms. The molecule has 17 heavy (non-hydrogen) atoms. The molecule has 0 bridgehead atoms. The SMILES string of the molecule is COC1CN(c2ncc(Br)cc2Br)CC1OC. The van der Waals surface area contributed by atoms with E-state index in [9.17, 15) is 0 Å². The molecule has 94 valence electrons. The zero-order valence-corrected chi connectivity index (χ0v) is 12.9. The third-order valence-corrected chi connectivity index (χ3v) is 3.93. The first-order chi connectivity index (χ1) is 8.15. The minimum absolute atomic E-state index is 0.0948. The van der Waals surface area contributed by atoms with Crippen LogP contribution >= 0.6 is 31.9 Å². The standard InChI is InChI=1S/C11H14Br2N2O2/c1-16-9-5-15(6-10(9)17-2)11-8(13)3-7(12)4-14-11/h3-4,9-10H,5-6H2,1-2H3. The number of pyridine rings is 1. The second-order valence-electron chi connectivity index (χ2n) is 3.91. The minimum atomic E-state index is 0.0948. The Kier molecular flexibility index (Phi) is 4.41. The first-order valence-electron chi connectivity index (χ1n) is 5.27. The highest BCUT2D eigenvalue weighted by molar-refractivity contribution is 9.11. The summed E-state index contributed by atoms with van der Waals surface area (Å²) in [6.45, 7) is 1.59. The van der Waals surface area contributed by atoms with Crippen molar-refractivity contribution in [2.45, 2.75) is 12.2 Å². The monoisotopic (exact) mass is 364 g/mol. The van der Waals surface area contributed by atoms with Gasteiger partial charge in [0.1, 0.15) is 18.0 Å². The molecule has 0 radical (unpaired) electrons. The van der Waals surface area contributed by atoms with E-state index in [0.717, 1.165) is 27.9 Å². The van der Waals surface area contributed by atoms with Crippen molar-refractivity contribution in [1.82, 2.24) is 4.98 Å². The Balaban J connectivity index is 2.19. The Labute approximate surface area is 118 Å². The van der Waals surface area contributed by atoms with Crippen LogP contribution in [0.25, 0.3) is 0 Å². The highest BCUT2D eigenvalue weighted by Gasteiger charge is 2.34. The first-order valence-corrected chi connectivity index (χ1v) is 6.86. The average molecular weight is 366 g/mol. The number of hydrogen-bond acceptors (Lipinski definition) is 4. The number of nitrogens with zero attached hydrogens (tertiary/aromatic N) is 2. The minimum Gasteiger partial charge on any atom is -0.377 e. The van der Waals surface area contributed by atoms with Gasteiger partial charge in [0.05, 0.1) is 4.47 Å². The Hall–Kier alpha value is -0.170.